The molecule has 4 rings (SSSR count). The van der Waals surface area contributed by atoms with Crippen LogP contribution in [0.5, 0.6) is 0 Å². The summed E-state index contributed by atoms with van der Waals surface area (Å²) in [6, 6.07) is 18.3. The molecular weight excluding hydrogens is 304 g/mol. The zero-order chi connectivity index (χ0) is 16.6. The first-order valence-electron chi connectivity index (χ1n) is 7.78. The lowest BCUT2D eigenvalue weighted by Gasteiger charge is -2.40. The van der Waals surface area contributed by atoms with E-state index in [4.69, 9.17) is 0 Å². The van der Waals surface area contributed by atoms with Gasteiger partial charge in [-0.3, -0.25) is 20.1 Å². The number of nitrogens with one attached hydrogen (secondary N) is 1. The Morgan fingerprint density at radius 3 is 2.00 bits per heavy atom. The monoisotopic (exact) mass is 320 g/mol. The van der Waals surface area contributed by atoms with Crippen molar-refractivity contribution in [2.24, 2.45) is 4.99 Å². The molecule has 0 atom stereocenters. The molecule has 0 saturated carbocycles. The van der Waals surface area contributed by atoms with Gasteiger partial charge in [0, 0.05) is 0 Å². The maximum absolute atomic E-state index is 13.0. The van der Waals surface area contributed by atoms with Gasteiger partial charge in [-0.25, -0.2) is 9.80 Å². The molecule has 24 heavy (non-hydrogen) atoms. The maximum atomic E-state index is 13.0. The number of aliphatic imine (C=N–C) groups is 1. The zero-order valence-electron chi connectivity index (χ0n) is 12.9. The third-order valence-corrected chi connectivity index (χ3v) is 4.37. The fraction of sp³-hybridized carbons (Fsp3) is 0.167. The summed E-state index contributed by atoms with van der Waals surface area (Å²) in [4.78, 5) is 29.8. The first-order chi connectivity index (χ1) is 11.7. The molecule has 1 N–H and O–H groups in total. The Morgan fingerprint density at radius 1 is 0.917 bits per heavy atom. The van der Waals surface area contributed by atoms with E-state index in [0.29, 0.717) is 13.1 Å². The van der Waals surface area contributed by atoms with Gasteiger partial charge in [0.1, 0.15) is 6.34 Å². The topological polar surface area (TPSA) is 65.0 Å². The number of carbonyl (C=O) groups is 2. The normalized spacial score (nSPS) is 19.0. The third-order valence-electron chi connectivity index (χ3n) is 4.37. The fourth-order valence-electron chi connectivity index (χ4n) is 3.35. The number of urea groups is 1. The summed E-state index contributed by atoms with van der Waals surface area (Å²) in [5.74, 6) is -0.356. The lowest BCUT2D eigenvalue weighted by Crippen LogP contribution is -2.55. The summed E-state index contributed by atoms with van der Waals surface area (Å²) in [5, 5.41) is 5.67. The van der Waals surface area contributed by atoms with Crippen LogP contribution in [0.25, 0.3) is 0 Å². The third kappa shape index (κ3) is 1.93. The van der Waals surface area contributed by atoms with Gasteiger partial charge in [0.25, 0.3) is 5.91 Å². The van der Waals surface area contributed by atoms with Crippen LogP contribution in [0.4, 0.5) is 4.79 Å². The SMILES string of the molecule is O=C1NC(=O)C(c2ccccc2)(c2ccccc2)N1N1C=NCC1. The van der Waals surface area contributed by atoms with Crippen LogP contribution < -0.4 is 5.32 Å². The molecule has 0 aromatic heterocycles. The second-order valence-corrected chi connectivity index (χ2v) is 5.70. The summed E-state index contributed by atoms with van der Waals surface area (Å²) >= 11 is 0. The van der Waals surface area contributed by atoms with E-state index in [-0.39, 0.29) is 5.91 Å². The van der Waals surface area contributed by atoms with Gasteiger partial charge in [-0.15, -0.1) is 0 Å². The van der Waals surface area contributed by atoms with Crippen molar-refractivity contribution >= 4 is 18.3 Å². The minimum absolute atomic E-state index is 0.356. The average Bonchev–Trinajstić information content (AvgIpc) is 3.22. The van der Waals surface area contributed by atoms with E-state index in [9.17, 15) is 9.59 Å². The molecule has 0 radical (unpaired) electrons. The van der Waals surface area contributed by atoms with E-state index in [2.05, 4.69) is 10.3 Å². The Bertz CT molecular complexity index is 765. The molecule has 6 heteroatoms. The van der Waals surface area contributed by atoms with Gasteiger partial charge in [-0.1, -0.05) is 60.7 Å². The molecule has 1 fully saturated rings. The second-order valence-electron chi connectivity index (χ2n) is 5.70. The summed E-state index contributed by atoms with van der Waals surface area (Å²) in [5.41, 5.74) is 0.232. The van der Waals surface area contributed by atoms with E-state index < -0.39 is 11.6 Å². The van der Waals surface area contributed by atoms with Gasteiger partial charge >= 0.3 is 6.03 Å². The van der Waals surface area contributed by atoms with Crippen molar-refractivity contribution in [3.63, 3.8) is 0 Å². The van der Waals surface area contributed by atoms with E-state index in [1.165, 1.54) is 5.01 Å². The maximum Gasteiger partial charge on any atom is 0.344 e. The van der Waals surface area contributed by atoms with E-state index in [1.54, 1.807) is 11.3 Å². The number of hydrazine groups is 1. The van der Waals surface area contributed by atoms with Gasteiger partial charge < -0.3 is 0 Å². The van der Waals surface area contributed by atoms with E-state index >= 15 is 0 Å². The average molecular weight is 320 g/mol. The fourth-order valence-corrected chi connectivity index (χ4v) is 3.35. The van der Waals surface area contributed by atoms with Crippen LogP contribution in [0.15, 0.2) is 65.7 Å². The van der Waals surface area contributed by atoms with Crippen LogP contribution in [0.3, 0.4) is 0 Å². The Balaban J connectivity index is 1.99. The number of amides is 3. The molecule has 2 aliphatic heterocycles. The van der Waals surface area contributed by atoms with Crippen LogP contribution >= 0.6 is 0 Å². The number of nitrogens with zero attached hydrogens (tertiary/aromatic N) is 3. The first kappa shape index (κ1) is 14.4. The number of hydrogen-bond donors (Lipinski definition) is 1. The van der Waals surface area contributed by atoms with Crippen LogP contribution in [0.1, 0.15) is 11.1 Å². The molecule has 0 aliphatic carbocycles. The van der Waals surface area contributed by atoms with Crippen LogP contribution in [0.2, 0.25) is 0 Å². The van der Waals surface area contributed by atoms with Gasteiger partial charge in [0.2, 0.25) is 0 Å². The Kier molecular flexibility index (Phi) is 3.30. The zero-order valence-corrected chi connectivity index (χ0v) is 12.9. The smallest absolute Gasteiger partial charge is 0.274 e. The van der Waals surface area contributed by atoms with Crippen molar-refractivity contribution in [3.05, 3.63) is 71.8 Å². The minimum Gasteiger partial charge on any atom is -0.274 e. The predicted octanol–water partition coefficient (Wildman–Crippen LogP) is 1.74. The van der Waals surface area contributed by atoms with Crippen LogP contribution in [-0.2, 0) is 10.3 Å². The number of imide groups is 1. The lowest BCUT2D eigenvalue weighted by atomic mass is 9.82. The molecule has 3 amide bonds. The number of hydrogen-bond acceptors (Lipinski definition) is 4. The molecule has 2 heterocycles. The van der Waals surface area contributed by atoms with Crippen molar-refractivity contribution in [2.75, 3.05) is 13.1 Å². The van der Waals surface area contributed by atoms with Gasteiger partial charge in [0.15, 0.2) is 5.54 Å². The molecule has 1 saturated heterocycles. The standard InChI is InChI=1S/C18H16N4O2/c23-16-18(14-7-3-1-4-8-14,15-9-5-2-6-10-15)22(17(24)20-16)21-12-11-19-13-21/h1-10,13H,11-12H2,(H,20,23,24). The molecule has 2 aromatic carbocycles. The highest BCUT2D eigenvalue weighted by Gasteiger charge is 2.58. The first-order valence-corrected chi connectivity index (χ1v) is 7.78. The molecule has 0 spiro atoms. The van der Waals surface area contributed by atoms with Crippen LogP contribution in [0, 0.1) is 0 Å². The van der Waals surface area contributed by atoms with E-state index in [1.807, 2.05) is 60.7 Å². The Morgan fingerprint density at radius 2 is 1.50 bits per heavy atom. The molecule has 6 nitrogen and oxygen atoms in total. The number of rotatable bonds is 3. The van der Waals surface area contributed by atoms with Gasteiger partial charge in [-0.2, -0.15) is 0 Å². The van der Waals surface area contributed by atoms with Crippen LogP contribution in [-0.4, -0.2) is 41.4 Å². The van der Waals surface area contributed by atoms with E-state index in [0.717, 1.165) is 11.1 Å². The van der Waals surface area contributed by atoms with Crippen molar-refractivity contribution in [1.29, 1.82) is 0 Å². The highest BCUT2D eigenvalue weighted by Crippen LogP contribution is 2.40. The molecule has 0 unspecified atom stereocenters. The quantitative estimate of drug-likeness (QED) is 0.876. The highest BCUT2D eigenvalue weighted by atomic mass is 16.2. The summed E-state index contributed by atoms with van der Waals surface area (Å²) in [6.45, 7) is 1.15. The van der Waals surface area contributed by atoms with Crippen molar-refractivity contribution in [1.82, 2.24) is 15.3 Å². The summed E-state index contributed by atoms with van der Waals surface area (Å²) in [6.07, 6.45) is 1.61. The highest BCUT2D eigenvalue weighted by molar-refractivity contribution is 6.09. The summed E-state index contributed by atoms with van der Waals surface area (Å²) in [7, 11) is 0. The molecule has 120 valence electrons. The minimum atomic E-state index is -1.24. The van der Waals surface area contributed by atoms with Gasteiger partial charge in [-0.05, 0) is 11.1 Å². The molecular formula is C18H16N4O2. The second kappa shape index (κ2) is 5.49. The molecule has 0 bridgehead atoms. The molecule has 2 aromatic rings. The van der Waals surface area contributed by atoms with Gasteiger partial charge in [0.05, 0.1) is 13.1 Å². The predicted molar refractivity (Wildman–Crippen MR) is 89.1 cm³/mol. The molecule has 2 aliphatic rings. The Hall–Kier alpha value is -3.15. The van der Waals surface area contributed by atoms with Crippen molar-refractivity contribution in [2.45, 2.75) is 5.54 Å². The number of benzene rings is 2. The summed E-state index contributed by atoms with van der Waals surface area (Å²) < 4.78 is 0. The van der Waals surface area contributed by atoms with Crippen molar-refractivity contribution < 1.29 is 9.59 Å². The number of carbonyl (C=O) groups excluding carboxylic acids is 2. The van der Waals surface area contributed by atoms with Crippen molar-refractivity contribution in [3.8, 4) is 0 Å². The lowest BCUT2D eigenvalue weighted by molar-refractivity contribution is -0.128. The largest absolute Gasteiger partial charge is 0.344 e. The Labute approximate surface area is 139 Å².